The van der Waals surface area contributed by atoms with Crippen molar-refractivity contribution in [3.63, 3.8) is 0 Å². The third kappa shape index (κ3) is 4.12. The summed E-state index contributed by atoms with van der Waals surface area (Å²) >= 11 is 0. The Morgan fingerprint density at radius 3 is 2.40 bits per heavy atom. The Kier molecular flexibility index (Phi) is 6.05. The Bertz CT molecular complexity index is 726. The molecule has 0 atom stereocenters. The van der Waals surface area contributed by atoms with E-state index in [2.05, 4.69) is 11.7 Å². The quantitative estimate of drug-likeness (QED) is 0.717. The summed E-state index contributed by atoms with van der Waals surface area (Å²) in [5.74, 6) is 0.240. The molecule has 0 aromatic carbocycles. The Morgan fingerprint density at radius 2 is 1.96 bits per heavy atom. The van der Waals surface area contributed by atoms with E-state index in [9.17, 15) is 13.2 Å². The highest BCUT2D eigenvalue weighted by Gasteiger charge is 2.36. The minimum atomic E-state index is -3.64. The molecule has 140 valence electrons. The molecule has 0 N–H and O–H groups in total. The summed E-state index contributed by atoms with van der Waals surface area (Å²) in [6, 6.07) is 0. The monoisotopic (exact) mass is 369 g/mol. The van der Waals surface area contributed by atoms with Crippen molar-refractivity contribution in [3.05, 3.63) is 23.6 Å². The van der Waals surface area contributed by atoms with E-state index in [1.807, 2.05) is 13.8 Å². The van der Waals surface area contributed by atoms with Crippen LogP contribution in [0.15, 0.2) is 21.6 Å². The van der Waals surface area contributed by atoms with Gasteiger partial charge in [-0.05, 0) is 40.5 Å². The van der Waals surface area contributed by atoms with Crippen molar-refractivity contribution >= 4 is 15.9 Å². The zero-order chi connectivity index (χ0) is 18.8. The molecule has 8 heteroatoms. The van der Waals surface area contributed by atoms with Gasteiger partial charge in [-0.1, -0.05) is 17.3 Å². The molecule has 0 unspecified atom stereocenters. The zero-order valence-corrected chi connectivity index (χ0v) is 16.2. The molecule has 1 saturated heterocycles. The minimum Gasteiger partial charge on any atom is -0.360 e. The predicted octanol–water partition coefficient (Wildman–Crippen LogP) is 2.12. The Hall–Kier alpha value is -1.67. The number of amides is 1. The lowest BCUT2D eigenvalue weighted by molar-refractivity contribution is -0.136. The number of sulfonamides is 1. The standard InChI is InChI=1S/C17H27N3O4S/c1-6-19(11-12(2)3)17(21)15-7-9-20(10-8-15)25(22,23)16-13(4)18-24-14(16)5/h15H,2,6-11H2,1,3-5H3. The van der Waals surface area contributed by atoms with Crippen molar-refractivity contribution < 1.29 is 17.7 Å². The van der Waals surface area contributed by atoms with Gasteiger partial charge in [0, 0.05) is 32.1 Å². The minimum absolute atomic E-state index is 0.0832. The van der Waals surface area contributed by atoms with E-state index in [1.165, 1.54) is 4.31 Å². The number of nitrogens with zero attached hydrogens (tertiary/aromatic N) is 3. The Balaban J connectivity index is 2.06. The number of carbonyl (C=O) groups excluding carboxylic acids is 1. The van der Waals surface area contributed by atoms with Crippen LogP contribution in [0.25, 0.3) is 0 Å². The number of carbonyl (C=O) groups is 1. The van der Waals surface area contributed by atoms with Crippen molar-refractivity contribution in [2.75, 3.05) is 26.2 Å². The fourth-order valence-electron chi connectivity index (χ4n) is 3.24. The van der Waals surface area contributed by atoms with Gasteiger partial charge < -0.3 is 9.42 Å². The van der Waals surface area contributed by atoms with E-state index < -0.39 is 10.0 Å². The summed E-state index contributed by atoms with van der Waals surface area (Å²) in [7, 11) is -3.64. The van der Waals surface area contributed by atoms with Gasteiger partial charge in [0.15, 0.2) is 5.76 Å². The normalized spacial score (nSPS) is 16.8. The van der Waals surface area contributed by atoms with E-state index in [1.54, 1.807) is 18.7 Å². The van der Waals surface area contributed by atoms with Crippen LogP contribution in [-0.4, -0.2) is 54.9 Å². The molecule has 1 aromatic heterocycles. The highest BCUT2D eigenvalue weighted by molar-refractivity contribution is 7.89. The molecule has 2 rings (SSSR count). The van der Waals surface area contributed by atoms with Gasteiger partial charge in [0.1, 0.15) is 10.6 Å². The second-order valence-corrected chi connectivity index (χ2v) is 8.52. The van der Waals surface area contributed by atoms with Crippen LogP contribution in [0.1, 0.15) is 38.1 Å². The lowest BCUT2D eigenvalue weighted by Crippen LogP contribution is -2.44. The maximum Gasteiger partial charge on any atom is 0.248 e. The number of rotatable bonds is 6. The van der Waals surface area contributed by atoms with Crippen molar-refractivity contribution in [3.8, 4) is 0 Å². The smallest absolute Gasteiger partial charge is 0.248 e. The second-order valence-electron chi connectivity index (χ2n) is 6.64. The van der Waals surface area contributed by atoms with Crippen molar-refractivity contribution in [2.24, 2.45) is 5.92 Å². The largest absolute Gasteiger partial charge is 0.360 e. The SMILES string of the molecule is C=C(C)CN(CC)C(=O)C1CCN(S(=O)(=O)c2c(C)noc2C)CC1. The van der Waals surface area contributed by atoms with Gasteiger partial charge >= 0.3 is 0 Å². The first-order chi connectivity index (χ1) is 11.7. The molecule has 1 aromatic rings. The Morgan fingerprint density at radius 1 is 1.36 bits per heavy atom. The predicted molar refractivity (Wildman–Crippen MR) is 94.5 cm³/mol. The maximum absolute atomic E-state index is 12.8. The van der Waals surface area contributed by atoms with Gasteiger partial charge in [-0.15, -0.1) is 0 Å². The van der Waals surface area contributed by atoms with Crippen LogP contribution in [0.4, 0.5) is 0 Å². The number of hydrogen-bond acceptors (Lipinski definition) is 5. The van der Waals surface area contributed by atoms with Gasteiger partial charge in [-0.25, -0.2) is 8.42 Å². The number of aryl methyl sites for hydroxylation is 2. The molecule has 1 amide bonds. The molecule has 0 bridgehead atoms. The molecule has 7 nitrogen and oxygen atoms in total. The molecular weight excluding hydrogens is 342 g/mol. The molecule has 25 heavy (non-hydrogen) atoms. The van der Waals surface area contributed by atoms with Gasteiger partial charge in [-0.2, -0.15) is 4.31 Å². The fourth-order valence-corrected chi connectivity index (χ4v) is 5.01. The number of hydrogen-bond donors (Lipinski definition) is 0. The first-order valence-corrected chi connectivity index (χ1v) is 9.98. The fraction of sp³-hybridized carbons (Fsp3) is 0.647. The lowest BCUT2D eigenvalue weighted by Gasteiger charge is -2.33. The van der Waals surface area contributed by atoms with E-state index in [0.29, 0.717) is 50.5 Å². The summed E-state index contributed by atoms with van der Waals surface area (Å²) in [6.45, 7) is 12.8. The summed E-state index contributed by atoms with van der Waals surface area (Å²) in [4.78, 5) is 14.6. The number of likely N-dealkylation sites (N-methyl/N-ethyl adjacent to an activating group) is 1. The molecule has 1 aliphatic heterocycles. The molecule has 0 saturated carbocycles. The van der Waals surface area contributed by atoms with E-state index >= 15 is 0 Å². The van der Waals surface area contributed by atoms with Crippen LogP contribution in [0, 0.1) is 19.8 Å². The maximum atomic E-state index is 12.8. The first kappa shape index (κ1) is 19.7. The van der Waals surface area contributed by atoms with Crippen LogP contribution in [-0.2, 0) is 14.8 Å². The van der Waals surface area contributed by atoms with Crippen LogP contribution in [0.3, 0.4) is 0 Å². The van der Waals surface area contributed by atoms with E-state index in [4.69, 9.17) is 4.52 Å². The number of piperidine rings is 1. The number of aromatic nitrogens is 1. The topological polar surface area (TPSA) is 83.7 Å². The molecular formula is C17H27N3O4S. The average Bonchev–Trinajstić information content (AvgIpc) is 2.91. The first-order valence-electron chi connectivity index (χ1n) is 8.54. The highest BCUT2D eigenvalue weighted by atomic mass is 32.2. The van der Waals surface area contributed by atoms with Crippen LogP contribution in [0.2, 0.25) is 0 Å². The molecule has 0 aliphatic carbocycles. The van der Waals surface area contributed by atoms with Gasteiger partial charge in [0.05, 0.1) is 0 Å². The summed E-state index contributed by atoms with van der Waals surface area (Å²) < 4.78 is 32.1. The summed E-state index contributed by atoms with van der Waals surface area (Å²) in [5, 5.41) is 3.73. The van der Waals surface area contributed by atoms with E-state index in [0.717, 1.165) is 5.57 Å². The second kappa shape index (κ2) is 7.70. The van der Waals surface area contributed by atoms with Crippen LogP contribution < -0.4 is 0 Å². The average molecular weight is 369 g/mol. The van der Waals surface area contributed by atoms with Crippen LogP contribution in [0.5, 0.6) is 0 Å². The highest BCUT2D eigenvalue weighted by Crippen LogP contribution is 2.28. The van der Waals surface area contributed by atoms with Crippen LogP contribution >= 0.6 is 0 Å². The van der Waals surface area contributed by atoms with E-state index in [-0.39, 0.29) is 16.7 Å². The van der Waals surface area contributed by atoms with Crippen molar-refractivity contribution in [1.82, 2.24) is 14.4 Å². The third-order valence-electron chi connectivity index (χ3n) is 4.52. The summed E-state index contributed by atoms with van der Waals surface area (Å²) in [5.41, 5.74) is 1.31. The van der Waals surface area contributed by atoms with Crippen molar-refractivity contribution in [1.29, 1.82) is 0 Å². The molecule has 0 spiro atoms. The molecule has 0 radical (unpaired) electrons. The zero-order valence-electron chi connectivity index (χ0n) is 15.4. The van der Waals surface area contributed by atoms with Gasteiger partial charge in [0.25, 0.3) is 0 Å². The lowest BCUT2D eigenvalue weighted by atomic mass is 9.96. The van der Waals surface area contributed by atoms with Gasteiger partial charge in [0.2, 0.25) is 15.9 Å². The molecule has 1 aliphatic rings. The van der Waals surface area contributed by atoms with Crippen molar-refractivity contribution in [2.45, 2.75) is 45.4 Å². The summed E-state index contributed by atoms with van der Waals surface area (Å²) in [6.07, 6.45) is 1.04. The van der Waals surface area contributed by atoms with Gasteiger partial charge in [-0.3, -0.25) is 4.79 Å². The third-order valence-corrected chi connectivity index (χ3v) is 6.67. The molecule has 2 heterocycles. The Labute approximate surface area is 149 Å². The molecule has 1 fully saturated rings.